The number of nitrogens with zero attached hydrogens (tertiary/aromatic N) is 4. The molecule has 6 nitrogen and oxygen atoms in total. The maximum atomic E-state index is 5.37. The molecule has 3 heterocycles. The van der Waals surface area contributed by atoms with Crippen LogP contribution in [0.4, 0.5) is 5.82 Å². The van der Waals surface area contributed by atoms with Gasteiger partial charge in [-0.2, -0.15) is 0 Å². The van der Waals surface area contributed by atoms with Crippen molar-refractivity contribution in [1.82, 2.24) is 20.3 Å². The molecule has 0 spiro atoms. The molecule has 0 saturated carbocycles. The van der Waals surface area contributed by atoms with Crippen molar-refractivity contribution in [2.24, 2.45) is 0 Å². The van der Waals surface area contributed by atoms with E-state index in [1.54, 1.807) is 25.8 Å². The number of anilines is 1. The minimum absolute atomic E-state index is 0.724. The molecule has 0 atom stereocenters. The molecule has 0 aromatic carbocycles. The lowest BCUT2D eigenvalue weighted by Gasteiger charge is -2.29. The van der Waals surface area contributed by atoms with Crippen LogP contribution >= 0.6 is 0 Å². The Morgan fingerprint density at radius 3 is 2.83 bits per heavy atom. The van der Waals surface area contributed by atoms with Gasteiger partial charge in [-0.1, -0.05) is 0 Å². The normalized spacial score (nSPS) is 15.9. The van der Waals surface area contributed by atoms with E-state index in [1.165, 1.54) is 0 Å². The summed E-state index contributed by atoms with van der Waals surface area (Å²) in [5.74, 6) is 1.65. The lowest BCUT2D eigenvalue weighted by Crippen LogP contribution is -2.44. The molecule has 1 fully saturated rings. The number of pyridine rings is 1. The first-order valence-electron chi connectivity index (χ1n) is 5.98. The standard InChI is InChI=1S/C12H15N5O/c1-18-10-7-14-6-9-11(10)12(16-8-15-9)17-4-2-13-3-5-17/h6-8,13H,2-5H2,1H3. The van der Waals surface area contributed by atoms with Gasteiger partial charge in [-0.05, 0) is 0 Å². The summed E-state index contributed by atoms with van der Waals surface area (Å²) in [5, 5.41) is 4.27. The van der Waals surface area contributed by atoms with Crippen molar-refractivity contribution in [3.8, 4) is 5.75 Å². The smallest absolute Gasteiger partial charge is 0.150 e. The zero-order valence-corrected chi connectivity index (χ0v) is 10.3. The molecule has 0 amide bonds. The predicted octanol–water partition coefficient (Wildman–Crippen LogP) is 0.443. The minimum atomic E-state index is 0.724. The van der Waals surface area contributed by atoms with Crippen molar-refractivity contribution in [2.75, 3.05) is 38.2 Å². The summed E-state index contributed by atoms with van der Waals surface area (Å²) in [7, 11) is 1.64. The summed E-state index contributed by atoms with van der Waals surface area (Å²) in [6.45, 7) is 3.83. The van der Waals surface area contributed by atoms with E-state index < -0.39 is 0 Å². The Hall–Kier alpha value is -1.95. The number of rotatable bonds is 2. The Balaban J connectivity index is 2.15. The second-order valence-corrected chi connectivity index (χ2v) is 4.17. The van der Waals surface area contributed by atoms with Gasteiger partial charge in [0.05, 0.1) is 30.4 Å². The van der Waals surface area contributed by atoms with Gasteiger partial charge in [-0.3, -0.25) is 4.98 Å². The summed E-state index contributed by atoms with van der Waals surface area (Å²) >= 11 is 0. The second-order valence-electron chi connectivity index (χ2n) is 4.17. The quantitative estimate of drug-likeness (QED) is 0.828. The highest BCUT2D eigenvalue weighted by atomic mass is 16.5. The van der Waals surface area contributed by atoms with Crippen LogP contribution in [0.5, 0.6) is 5.75 Å². The van der Waals surface area contributed by atoms with E-state index in [-0.39, 0.29) is 0 Å². The first-order chi connectivity index (χ1) is 8.90. The molecule has 0 unspecified atom stereocenters. The first kappa shape index (κ1) is 11.2. The van der Waals surface area contributed by atoms with Crippen LogP contribution < -0.4 is 15.0 Å². The van der Waals surface area contributed by atoms with E-state index in [0.29, 0.717) is 0 Å². The van der Waals surface area contributed by atoms with Crippen molar-refractivity contribution in [1.29, 1.82) is 0 Å². The summed E-state index contributed by atoms with van der Waals surface area (Å²) in [4.78, 5) is 15.0. The van der Waals surface area contributed by atoms with Crippen molar-refractivity contribution in [2.45, 2.75) is 0 Å². The van der Waals surface area contributed by atoms with Gasteiger partial charge in [0, 0.05) is 26.2 Å². The van der Waals surface area contributed by atoms with E-state index in [9.17, 15) is 0 Å². The number of fused-ring (bicyclic) bond motifs is 1. The Morgan fingerprint density at radius 2 is 2.06 bits per heavy atom. The summed E-state index contributed by atoms with van der Waals surface area (Å²) in [6, 6.07) is 0. The lowest BCUT2D eigenvalue weighted by molar-refractivity contribution is 0.417. The van der Waals surface area contributed by atoms with Gasteiger partial charge in [0.1, 0.15) is 17.9 Å². The number of piperazine rings is 1. The fourth-order valence-corrected chi connectivity index (χ4v) is 2.23. The molecule has 0 radical (unpaired) electrons. The number of hydrogen-bond donors (Lipinski definition) is 1. The zero-order chi connectivity index (χ0) is 12.4. The molecule has 1 N–H and O–H groups in total. The van der Waals surface area contributed by atoms with Gasteiger partial charge in [-0.25, -0.2) is 9.97 Å². The SMILES string of the molecule is COc1cncc2ncnc(N3CCNCC3)c12. The third kappa shape index (κ3) is 1.84. The maximum Gasteiger partial charge on any atom is 0.150 e. The van der Waals surface area contributed by atoms with E-state index in [1.807, 2.05) is 0 Å². The molecule has 0 aliphatic carbocycles. The summed E-state index contributed by atoms with van der Waals surface area (Å²) < 4.78 is 5.37. The Morgan fingerprint density at radius 1 is 1.22 bits per heavy atom. The maximum absolute atomic E-state index is 5.37. The largest absolute Gasteiger partial charge is 0.494 e. The fraction of sp³-hybridized carbons (Fsp3) is 0.417. The number of hydrogen-bond acceptors (Lipinski definition) is 6. The van der Waals surface area contributed by atoms with Crippen LogP contribution in [0.2, 0.25) is 0 Å². The third-order valence-electron chi connectivity index (χ3n) is 3.13. The highest BCUT2D eigenvalue weighted by Gasteiger charge is 2.17. The molecule has 18 heavy (non-hydrogen) atoms. The van der Waals surface area contributed by atoms with Crippen LogP contribution in [0, 0.1) is 0 Å². The molecule has 1 aliphatic rings. The molecule has 0 bridgehead atoms. The molecule has 3 rings (SSSR count). The average molecular weight is 245 g/mol. The second kappa shape index (κ2) is 4.73. The molecule has 1 aliphatic heterocycles. The minimum Gasteiger partial charge on any atom is -0.494 e. The van der Waals surface area contributed by atoms with Gasteiger partial charge in [0.25, 0.3) is 0 Å². The van der Waals surface area contributed by atoms with Crippen molar-refractivity contribution in [3.05, 3.63) is 18.7 Å². The lowest BCUT2D eigenvalue weighted by atomic mass is 10.2. The van der Waals surface area contributed by atoms with E-state index in [4.69, 9.17) is 4.74 Å². The van der Waals surface area contributed by atoms with Gasteiger partial charge < -0.3 is 15.0 Å². The van der Waals surface area contributed by atoms with Crippen LogP contribution in [0.15, 0.2) is 18.7 Å². The number of ether oxygens (including phenoxy) is 1. The molecule has 2 aromatic heterocycles. The van der Waals surface area contributed by atoms with E-state index in [2.05, 4.69) is 25.2 Å². The number of aromatic nitrogens is 3. The van der Waals surface area contributed by atoms with Crippen LogP contribution in [0.25, 0.3) is 10.9 Å². The van der Waals surface area contributed by atoms with E-state index >= 15 is 0 Å². The molecule has 94 valence electrons. The monoisotopic (exact) mass is 245 g/mol. The highest BCUT2D eigenvalue weighted by Crippen LogP contribution is 2.30. The van der Waals surface area contributed by atoms with Gasteiger partial charge in [0.15, 0.2) is 0 Å². The Kier molecular flexibility index (Phi) is 2.93. The molecule has 2 aromatic rings. The van der Waals surface area contributed by atoms with Gasteiger partial charge >= 0.3 is 0 Å². The van der Waals surface area contributed by atoms with Gasteiger partial charge in [-0.15, -0.1) is 0 Å². The Labute approximate surface area is 105 Å². The van der Waals surface area contributed by atoms with Crippen LogP contribution in [-0.4, -0.2) is 48.2 Å². The van der Waals surface area contributed by atoms with Crippen LogP contribution in [-0.2, 0) is 0 Å². The highest BCUT2D eigenvalue weighted by molar-refractivity contribution is 5.94. The van der Waals surface area contributed by atoms with Crippen LogP contribution in [0.1, 0.15) is 0 Å². The third-order valence-corrected chi connectivity index (χ3v) is 3.13. The van der Waals surface area contributed by atoms with Crippen molar-refractivity contribution < 1.29 is 4.74 Å². The van der Waals surface area contributed by atoms with Gasteiger partial charge in [0.2, 0.25) is 0 Å². The van der Waals surface area contributed by atoms with E-state index in [0.717, 1.165) is 48.6 Å². The number of nitrogens with one attached hydrogen (secondary N) is 1. The fourth-order valence-electron chi connectivity index (χ4n) is 2.23. The van der Waals surface area contributed by atoms with Crippen LogP contribution in [0.3, 0.4) is 0 Å². The van der Waals surface area contributed by atoms with Crippen molar-refractivity contribution in [3.63, 3.8) is 0 Å². The Bertz CT molecular complexity index is 548. The average Bonchev–Trinajstić information content (AvgIpc) is 2.47. The molecule has 1 saturated heterocycles. The summed E-state index contributed by atoms with van der Waals surface area (Å²) in [6.07, 6.45) is 5.03. The summed E-state index contributed by atoms with van der Waals surface area (Å²) in [5.41, 5.74) is 0.817. The predicted molar refractivity (Wildman–Crippen MR) is 69.0 cm³/mol. The molecule has 6 heteroatoms. The topological polar surface area (TPSA) is 63.2 Å². The molecular formula is C12H15N5O. The first-order valence-corrected chi connectivity index (χ1v) is 5.98. The van der Waals surface area contributed by atoms with Crippen molar-refractivity contribution >= 4 is 16.7 Å². The number of methoxy groups -OCH3 is 1. The zero-order valence-electron chi connectivity index (χ0n) is 10.3. The molecular weight excluding hydrogens is 230 g/mol.